The summed E-state index contributed by atoms with van der Waals surface area (Å²) in [5, 5.41) is 2.16. The Morgan fingerprint density at radius 1 is 0.444 bits per heavy atom. The van der Waals surface area contributed by atoms with Crippen LogP contribution in [0.1, 0.15) is 11.1 Å². The van der Waals surface area contributed by atoms with Crippen molar-refractivity contribution in [1.29, 1.82) is 0 Å². The molecule has 0 unspecified atom stereocenters. The van der Waals surface area contributed by atoms with Crippen LogP contribution in [0.25, 0.3) is 12.2 Å². The lowest BCUT2D eigenvalue weighted by molar-refractivity contribution is 0.485. The van der Waals surface area contributed by atoms with Gasteiger partial charge >= 0.3 is 0 Å². The van der Waals surface area contributed by atoms with E-state index in [1.54, 1.807) is 0 Å². The summed E-state index contributed by atoms with van der Waals surface area (Å²) < 4.78 is 11.7. The van der Waals surface area contributed by atoms with Crippen molar-refractivity contribution in [1.82, 2.24) is 0 Å². The van der Waals surface area contributed by atoms with E-state index in [-0.39, 0.29) is 0 Å². The molecule has 5 aromatic rings. The third kappa shape index (κ3) is 5.75. The van der Waals surface area contributed by atoms with E-state index in [0.29, 0.717) is 22.9 Å². The highest BCUT2D eigenvalue weighted by atomic mass is 16.5. The number of hydrogen-bond acceptors (Lipinski definition) is 4. The molecule has 0 atom stereocenters. The van der Waals surface area contributed by atoms with Crippen molar-refractivity contribution >= 4 is 23.5 Å². The molecule has 4 heteroatoms. The summed E-state index contributed by atoms with van der Waals surface area (Å²) in [4.78, 5) is 0. The Morgan fingerprint density at radius 3 is 1.19 bits per heavy atom. The third-order valence-corrected chi connectivity index (χ3v) is 5.61. The lowest BCUT2D eigenvalue weighted by atomic mass is 10.1. The molecule has 176 valence electrons. The predicted octanol–water partition coefficient (Wildman–Crippen LogP) is 6.09. The van der Waals surface area contributed by atoms with Gasteiger partial charge in [-0.3, -0.25) is 0 Å². The molecule has 0 aliphatic rings. The molecule has 0 aliphatic heterocycles. The summed E-state index contributed by atoms with van der Waals surface area (Å²) >= 11 is 0. The van der Waals surface area contributed by atoms with Gasteiger partial charge in [0.05, 0.1) is 11.4 Å². The zero-order valence-electron chi connectivity index (χ0n) is 19.7. The van der Waals surface area contributed by atoms with E-state index in [9.17, 15) is 0 Å². The molecule has 0 fully saturated rings. The Balaban J connectivity index is 1.31. The normalized spacial score (nSPS) is 10.4. The molecule has 0 radical (unpaired) electrons. The number of para-hydroxylation sites is 2. The standard InChI is InChI=1S/C32H26N2O2/c33-29-21-25(15-17-31(29)35-27-7-3-1-4-8-27)19-23-11-13-24(14-12-23)20-26-16-18-32(30(34)22-26)36-28-9-5-2-6-10-28/h1-22H,33-34H2. The SMILES string of the molecule is Nc1cc(C=c2ccc(=Cc3ccc(Oc4ccccc4)c(N)c3)cc2)ccc1Oc1ccccc1. The number of benzene rings is 5. The Kier molecular flexibility index (Phi) is 6.68. The van der Waals surface area contributed by atoms with Gasteiger partial charge in [0.2, 0.25) is 0 Å². The summed E-state index contributed by atoms with van der Waals surface area (Å²) in [5.41, 5.74) is 15.7. The predicted molar refractivity (Wildman–Crippen MR) is 148 cm³/mol. The number of nitrogens with two attached hydrogens (primary N) is 2. The second kappa shape index (κ2) is 10.5. The average Bonchev–Trinajstić information content (AvgIpc) is 2.90. The van der Waals surface area contributed by atoms with E-state index in [1.807, 2.05) is 97.1 Å². The van der Waals surface area contributed by atoms with Crippen LogP contribution in [0.2, 0.25) is 0 Å². The van der Waals surface area contributed by atoms with E-state index in [1.165, 1.54) is 0 Å². The zero-order chi connectivity index (χ0) is 24.7. The Hall–Kier alpha value is -4.96. The quantitative estimate of drug-likeness (QED) is 0.295. The number of ether oxygens (including phenoxy) is 2. The highest BCUT2D eigenvalue weighted by Crippen LogP contribution is 2.29. The molecular weight excluding hydrogens is 444 g/mol. The highest BCUT2D eigenvalue weighted by molar-refractivity contribution is 5.64. The summed E-state index contributed by atoms with van der Waals surface area (Å²) in [6, 6.07) is 39.1. The van der Waals surface area contributed by atoms with Crippen LogP contribution in [-0.4, -0.2) is 0 Å². The first-order valence-corrected chi connectivity index (χ1v) is 11.7. The number of hydrogen-bond donors (Lipinski definition) is 2. The number of rotatable bonds is 6. The Bertz CT molecular complexity index is 1450. The van der Waals surface area contributed by atoms with Gasteiger partial charge in [0.15, 0.2) is 0 Å². The number of anilines is 2. The minimum Gasteiger partial charge on any atom is -0.455 e. The van der Waals surface area contributed by atoms with Gasteiger partial charge in [-0.25, -0.2) is 0 Å². The van der Waals surface area contributed by atoms with Crippen molar-refractivity contribution in [3.63, 3.8) is 0 Å². The van der Waals surface area contributed by atoms with Crippen molar-refractivity contribution in [3.05, 3.63) is 143 Å². The van der Waals surface area contributed by atoms with Crippen molar-refractivity contribution in [2.45, 2.75) is 0 Å². The van der Waals surface area contributed by atoms with Crippen LogP contribution in [0, 0.1) is 0 Å². The molecule has 0 saturated heterocycles. The van der Waals surface area contributed by atoms with Crippen molar-refractivity contribution in [2.75, 3.05) is 11.5 Å². The Labute approximate surface area is 210 Å². The van der Waals surface area contributed by atoms with Gasteiger partial charge in [-0.05, 0) is 82.2 Å². The van der Waals surface area contributed by atoms with Gasteiger partial charge in [0.25, 0.3) is 0 Å². The summed E-state index contributed by atoms with van der Waals surface area (Å²) in [6.07, 6.45) is 4.17. The van der Waals surface area contributed by atoms with Crippen LogP contribution >= 0.6 is 0 Å². The monoisotopic (exact) mass is 470 g/mol. The fourth-order valence-electron chi connectivity index (χ4n) is 3.80. The van der Waals surface area contributed by atoms with E-state index in [4.69, 9.17) is 20.9 Å². The second-order valence-electron chi connectivity index (χ2n) is 8.38. The minimum absolute atomic E-state index is 0.592. The maximum atomic E-state index is 6.23. The van der Waals surface area contributed by atoms with Gasteiger partial charge < -0.3 is 20.9 Å². The molecule has 0 bridgehead atoms. The zero-order valence-corrected chi connectivity index (χ0v) is 19.7. The first-order valence-electron chi connectivity index (χ1n) is 11.7. The third-order valence-electron chi connectivity index (χ3n) is 5.61. The molecular formula is C32H26N2O2. The topological polar surface area (TPSA) is 70.5 Å². The van der Waals surface area contributed by atoms with Crippen molar-refractivity contribution in [2.24, 2.45) is 0 Å². The summed E-state index contributed by atoms with van der Waals surface area (Å²) in [6.45, 7) is 0. The molecule has 4 N–H and O–H groups in total. The van der Waals surface area contributed by atoms with Gasteiger partial charge in [0, 0.05) is 0 Å². The van der Waals surface area contributed by atoms with Crippen LogP contribution < -0.4 is 31.4 Å². The van der Waals surface area contributed by atoms with Crippen molar-refractivity contribution in [3.8, 4) is 23.0 Å². The molecule has 0 aromatic heterocycles. The van der Waals surface area contributed by atoms with E-state index in [2.05, 4.69) is 36.4 Å². The first-order chi connectivity index (χ1) is 17.6. The van der Waals surface area contributed by atoms with Crippen LogP contribution in [0.5, 0.6) is 23.0 Å². The van der Waals surface area contributed by atoms with E-state index in [0.717, 1.165) is 33.1 Å². The van der Waals surface area contributed by atoms with Crippen LogP contribution in [0.4, 0.5) is 11.4 Å². The average molecular weight is 471 g/mol. The fraction of sp³-hybridized carbons (Fsp3) is 0. The van der Waals surface area contributed by atoms with Crippen LogP contribution in [0.3, 0.4) is 0 Å². The van der Waals surface area contributed by atoms with Gasteiger partial charge in [-0.15, -0.1) is 0 Å². The molecule has 0 spiro atoms. The maximum Gasteiger partial charge on any atom is 0.150 e. The molecule has 0 heterocycles. The molecule has 4 nitrogen and oxygen atoms in total. The molecule has 0 saturated carbocycles. The molecule has 0 aliphatic carbocycles. The highest BCUT2D eigenvalue weighted by Gasteiger charge is 2.04. The Morgan fingerprint density at radius 2 is 0.833 bits per heavy atom. The maximum absolute atomic E-state index is 6.23. The molecule has 36 heavy (non-hydrogen) atoms. The number of nitrogen functional groups attached to an aromatic ring is 2. The van der Waals surface area contributed by atoms with E-state index >= 15 is 0 Å². The first kappa shape index (κ1) is 22.8. The molecule has 5 rings (SSSR count). The largest absolute Gasteiger partial charge is 0.455 e. The van der Waals surface area contributed by atoms with Crippen molar-refractivity contribution < 1.29 is 9.47 Å². The fourth-order valence-corrected chi connectivity index (χ4v) is 3.80. The lowest BCUT2D eigenvalue weighted by Crippen LogP contribution is -2.07. The second-order valence-corrected chi connectivity index (χ2v) is 8.38. The lowest BCUT2D eigenvalue weighted by Gasteiger charge is -2.09. The molecule has 5 aromatic carbocycles. The van der Waals surface area contributed by atoms with Gasteiger partial charge in [-0.1, -0.05) is 72.8 Å². The van der Waals surface area contributed by atoms with Crippen LogP contribution in [0.15, 0.2) is 121 Å². The van der Waals surface area contributed by atoms with E-state index < -0.39 is 0 Å². The summed E-state index contributed by atoms with van der Waals surface area (Å²) in [5.74, 6) is 2.80. The summed E-state index contributed by atoms with van der Waals surface area (Å²) in [7, 11) is 0. The molecule has 0 amide bonds. The van der Waals surface area contributed by atoms with Gasteiger partial charge in [0.1, 0.15) is 23.0 Å². The van der Waals surface area contributed by atoms with Gasteiger partial charge in [-0.2, -0.15) is 0 Å². The smallest absolute Gasteiger partial charge is 0.150 e. The van der Waals surface area contributed by atoms with Crippen LogP contribution in [-0.2, 0) is 0 Å². The minimum atomic E-state index is 0.592.